The predicted molar refractivity (Wildman–Crippen MR) is 86.6 cm³/mol. The first kappa shape index (κ1) is 17.5. The fourth-order valence-electron chi connectivity index (χ4n) is 1.67. The summed E-state index contributed by atoms with van der Waals surface area (Å²) in [5.74, 6) is 5.50. The standard InChI is InChI=1S/C16H23NO3S/c1-13-12-15(8-7-14(13)6-5-10-18)17-21(19,20)11-9-16(2,3)4/h7-8,12,17-18H,9-11H2,1-4H3. The van der Waals surface area contributed by atoms with Crippen molar-refractivity contribution in [2.75, 3.05) is 17.1 Å². The van der Waals surface area contributed by atoms with E-state index < -0.39 is 10.0 Å². The van der Waals surface area contributed by atoms with E-state index in [0.29, 0.717) is 12.1 Å². The van der Waals surface area contributed by atoms with Crippen LogP contribution in [0.4, 0.5) is 5.69 Å². The maximum Gasteiger partial charge on any atom is 0.232 e. The molecule has 5 heteroatoms. The monoisotopic (exact) mass is 309 g/mol. The fourth-order valence-corrected chi connectivity index (χ4v) is 3.14. The van der Waals surface area contributed by atoms with Crippen LogP contribution in [0.3, 0.4) is 0 Å². The Morgan fingerprint density at radius 1 is 1.29 bits per heavy atom. The molecule has 0 radical (unpaired) electrons. The molecule has 0 unspecified atom stereocenters. The molecule has 0 bridgehead atoms. The van der Waals surface area contributed by atoms with Crippen molar-refractivity contribution in [3.05, 3.63) is 29.3 Å². The molecule has 4 nitrogen and oxygen atoms in total. The third-order valence-electron chi connectivity index (χ3n) is 2.92. The normalized spacial score (nSPS) is 11.7. The van der Waals surface area contributed by atoms with Crippen LogP contribution in [0.15, 0.2) is 18.2 Å². The Morgan fingerprint density at radius 2 is 1.95 bits per heavy atom. The lowest BCUT2D eigenvalue weighted by Crippen LogP contribution is -2.21. The molecule has 0 aliphatic carbocycles. The molecule has 0 atom stereocenters. The minimum Gasteiger partial charge on any atom is -0.384 e. The lowest BCUT2D eigenvalue weighted by molar-refractivity contribution is 0.350. The van der Waals surface area contributed by atoms with Crippen LogP contribution in [-0.2, 0) is 10.0 Å². The number of hydrogen-bond donors (Lipinski definition) is 2. The highest BCUT2D eigenvalue weighted by Crippen LogP contribution is 2.21. The maximum absolute atomic E-state index is 12.0. The van der Waals surface area contributed by atoms with Crippen LogP contribution >= 0.6 is 0 Å². The van der Waals surface area contributed by atoms with Gasteiger partial charge in [-0.15, -0.1) is 0 Å². The molecule has 1 aromatic rings. The molecule has 2 N–H and O–H groups in total. The Hall–Kier alpha value is -1.51. The molecule has 116 valence electrons. The molecule has 0 aromatic heterocycles. The molecule has 0 aliphatic rings. The second-order valence-electron chi connectivity index (χ2n) is 6.22. The van der Waals surface area contributed by atoms with Crippen LogP contribution in [0.1, 0.15) is 38.3 Å². The van der Waals surface area contributed by atoms with Crippen LogP contribution in [0.2, 0.25) is 0 Å². The van der Waals surface area contributed by atoms with Gasteiger partial charge in [-0.3, -0.25) is 4.72 Å². The van der Waals surface area contributed by atoms with Gasteiger partial charge in [-0.2, -0.15) is 0 Å². The molecule has 1 rings (SSSR count). The topological polar surface area (TPSA) is 66.4 Å². The Labute approximate surface area is 127 Å². The largest absolute Gasteiger partial charge is 0.384 e. The van der Waals surface area contributed by atoms with Gasteiger partial charge >= 0.3 is 0 Å². The highest BCUT2D eigenvalue weighted by Gasteiger charge is 2.17. The van der Waals surface area contributed by atoms with E-state index in [2.05, 4.69) is 16.6 Å². The minimum absolute atomic E-state index is 0.0194. The van der Waals surface area contributed by atoms with Gasteiger partial charge < -0.3 is 5.11 Å². The summed E-state index contributed by atoms with van der Waals surface area (Å²) in [7, 11) is -3.34. The zero-order valence-electron chi connectivity index (χ0n) is 13.0. The number of aliphatic hydroxyl groups is 1. The van der Waals surface area contributed by atoms with Gasteiger partial charge in [-0.25, -0.2) is 8.42 Å². The first-order chi connectivity index (χ1) is 9.63. The highest BCUT2D eigenvalue weighted by atomic mass is 32.2. The van der Waals surface area contributed by atoms with E-state index in [1.807, 2.05) is 27.7 Å². The third-order valence-corrected chi connectivity index (χ3v) is 4.21. The van der Waals surface area contributed by atoms with E-state index in [9.17, 15) is 8.42 Å². The number of sulfonamides is 1. The Balaban J connectivity index is 2.81. The van der Waals surface area contributed by atoms with Crippen LogP contribution < -0.4 is 4.72 Å². The number of benzene rings is 1. The molecule has 0 spiro atoms. The number of aliphatic hydroxyl groups excluding tert-OH is 1. The summed E-state index contributed by atoms with van der Waals surface area (Å²) in [6.45, 7) is 7.71. The quantitative estimate of drug-likeness (QED) is 0.840. The van der Waals surface area contributed by atoms with Gasteiger partial charge in [0.05, 0.1) is 5.75 Å². The highest BCUT2D eigenvalue weighted by molar-refractivity contribution is 7.92. The Kier molecular flexibility index (Phi) is 5.82. The molecule has 21 heavy (non-hydrogen) atoms. The van der Waals surface area contributed by atoms with Gasteiger partial charge in [-0.05, 0) is 42.5 Å². The Morgan fingerprint density at radius 3 is 2.48 bits per heavy atom. The van der Waals surface area contributed by atoms with Gasteiger partial charge in [0.1, 0.15) is 6.61 Å². The van der Waals surface area contributed by atoms with E-state index in [4.69, 9.17) is 5.11 Å². The SMILES string of the molecule is Cc1cc(NS(=O)(=O)CCC(C)(C)C)ccc1C#CCO. The van der Waals surface area contributed by atoms with Gasteiger partial charge in [0.2, 0.25) is 10.0 Å². The minimum atomic E-state index is -3.34. The molecule has 0 saturated heterocycles. The fraction of sp³-hybridized carbons (Fsp3) is 0.500. The zero-order chi connectivity index (χ0) is 16.1. The Bertz CT molecular complexity index is 646. The summed E-state index contributed by atoms with van der Waals surface area (Å²) in [4.78, 5) is 0. The predicted octanol–water partition coefficient (Wildman–Crippen LogP) is 2.52. The third kappa shape index (κ3) is 6.65. The number of aryl methyl sites for hydroxylation is 1. The number of nitrogens with one attached hydrogen (secondary N) is 1. The van der Waals surface area contributed by atoms with Crippen LogP contribution in [0.25, 0.3) is 0 Å². The molecule has 0 aliphatic heterocycles. The summed E-state index contributed by atoms with van der Waals surface area (Å²) in [6.07, 6.45) is 0.599. The van der Waals surface area contributed by atoms with E-state index in [1.165, 1.54) is 0 Å². The van der Waals surface area contributed by atoms with Crippen LogP contribution in [-0.4, -0.2) is 25.9 Å². The summed E-state index contributed by atoms with van der Waals surface area (Å²) in [5.41, 5.74) is 2.17. The van der Waals surface area contributed by atoms with Crippen LogP contribution in [0, 0.1) is 24.2 Å². The van der Waals surface area contributed by atoms with E-state index >= 15 is 0 Å². The number of anilines is 1. The summed E-state index contributed by atoms with van der Waals surface area (Å²) in [5, 5.41) is 8.69. The van der Waals surface area contributed by atoms with Crippen molar-refractivity contribution in [2.45, 2.75) is 34.1 Å². The summed E-state index contributed by atoms with van der Waals surface area (Å²) in [6, 6.07) is 5.18. The smallest absolute Gasteiger partial charge is 0.232 e. The summed E-state index contributed by atoms with van der Waals surface area (Å²) < 4.78 is 26.7. The molecular formula is C16H23NO3S. The average molecular weight is 309 g/mol. The van der Waals surface area contributed by atoms with Gasteiger partial charge in [0.15, 0.2) is 0 Å². The lowest BCUT2D eigenvalue weighted by atomic mass is 9.94. The van der Waals surface area contributed by atoms with Crippen molar-refractivity contribution in [1.29, 1.82) is 0 Å². The van der Waals surface area contributed by atoms with Crippen molar-refractivity contribution < 1.29 is 13.5 Å². The van der Waals surface area contributed by atoms with Crippen molar-refractivity contribution in [3.8, 4) is 11.8 Å². The molecule has 0 fully saturated rings. The molecule has 1 aromatic carbocycles. The molecule has 0 saturated carbocycles. The lowest BCUT2D eigenvalue weighted by Gasteiger charge is -2.18. The second-order valence-corrected chi connectivity index (χ2v) is 8.06. The van der Waals surface area contributed by atoms with Gasteiger partial charge in [0, 0.05) is 11.3 Å². The van der Waals surface area contributed by atoms with E-state index in [1.54, 1.807) is 18.2 Å². The van der Waals surface area contributed by atoms with Crippen molar-refractivity contribution in [1.82, 2.24) is 0 Å². The van der Waals surface area contributed by atoms with Gasteiger partial charge in [-0.1, -0.05) is 32.6 Å². The van der Waals surface area contributed by atoms with E-state index in [-0.39, 0.29) is 17.8 Å². The molecule has 0 heterocycles. The number of rotatable bonds is 4. The van der Waals surface area contributed by atoms with E-state index in [0.717, 1.165) is 11.1 Å². The zero-order valence-corrected chi connectivity index (χ0v) is 13.8. The second kappa shape index (κ2) is 6.97. The van der Waals surface area contributed by atoms with Crippen molar-refractivity contribution >= 4 is 15.7 Å². The molecular weight excluding hydrogens is 286 g/mol. The first-order valence-corrected chi connectivity index (χ1v) is 8.49. The van der Waals surface area contributed by atoms with Crippen molar-refractivity contribution in [2.24, 2.45) is 5.41 Å². The van der Waals surface area contributed by atoms with Gasteiger partial charge in [0.25, 0.3) is 0 Å². The van der Waals surface area contributed by atoms with Crippen molar-refractivity contribution in [3.63, 3.8) is 0 Å². The molecule has 0 amide bonds. The summed E-state index contributed by atoms with van der Waals surface area (Å²) >= 11 is 0. The first-order valence-electron chi connectivity index (χ1n) is 6.84. The number of hydrogen-bond acceptors (Lipinski definition) is 3. The average Bonchev–Trinajstić information content (AvgIpc) is 2.34. The maximum atomic E-state index is 12.0. The van der Waals surface area contributed by atoms with Crippen LogP contribution in [0.5, 0.6) is 0 Å².